The fraction of sp³-hybridized carbons (Fsp3) is 0.600. The molecule has 14 heavy (non-hydrogen) atoms. The van der Waals surface area contributed by atoms with Gasteiger partial charge in [-0.15, -0.1) is 11.3 Å². The molecule has 0 spiro atoms. The fourth-order valence-electron chi connectivity index (χ4n) is 1.99. The maximum atomic E-state index is 10.2. The first kappa shape index (κ1) is 10.4. The van der Waals surface area contributed by atoms with E-state index < -0.39 is 6.10 Å². The van der Waals surface area contributed by atoms with E-state index in [2.05, 4.69) is 12.2 Å². The molecule has 1 aromatic heterocycles. The molecule has 1 saturated heterocycles. The lowest BCUT2D eigenvalue weighted by molar-refractivity contribution is 0.0820. The third-order valence-electron chi connectivity index (χ3n) is 2.95. The van der Waals surface area contributed by atoms with Crippen LogP contribution in [0, 0.1) is 0 Å². The van der Waals surface area contributed by atoms with E-state index in [4.69, 9.17) is 11.6 Å². The number of hydrogen-bond donors (Lipinski definition) is 2. The molecule has 78 valence electrons. The zero-order valence-electron chi connectivity index (χ0n) is 8.09. The monoisotopic (exact) mass is 231 g/mol. The van der Waals surface area contributed by atoms with Gasteiger partial charge in [0.25, 0.3) is 0 Å². The summed E-state index contributed by atoms with van der Waals surface area (Å²) in [4.78, 5) is 0. The average molecular weight is 232 g/mol. The number of thiophene rings is 1. The van der Waals surface area contributed by atoms with Gasteiger partial charge < -0.3 is 10.4 Å². The summed E-state index contributed by atoms with van der Waals surface area (Å²) in [5.41, 5.74) is 0.651. The highest BCUT2D eigenvalue weighted by Gasteiger charge is 2.37. The predicted molar refractivity (Wildman–Crippen MR) is 59.9 cm³/mol. The Hall–Kier alpha value is -0.0900. The third kappa shape index (κ3) is 1.70. The van der Waals surface area contributed by atoms with Gasteiger partial charge in [0.15, 0.2) is 0 Å². The molecule has 0 bridgehead atoms. The molecule has 4 heteroatoms. The molecule has 1 fully saturated rings. The molecule has 2 nitrogen and oxygen atoms in total. The summed E-state index contributed by atoms with van der Waals surface area (Å²) in [5, 5.41) is 15.5. The molecule has 0 saturated carbocycles. The SMILES string of the molecule is CC1(C(O)c2ccsc2Cl)CCCN1. The molecule has 0 aromatic carbocycles. The van der Waals surface area contributed by atoms with Gasteiger partial charge in [0, 0.05) is 11.1 Å². The van der Waals surface area contributed by atoms with Gasteiger partial charge in [0.2, 0.25) is 0 Å². The first-order chi connectivity index (χ1) is 6.63. The summed E-state index contributed by atoms with van der Waals surface area (Å²) in [6, 6.07) is 1.91. The maximum Gasteiger partial charge on any atom is 0.0991 e. The van der Waals surface area contributed by atoms with Gasteiger partial charge in [-0.1, -0.05) is 11.6 Å². The Morgan fingerprint density at radius 3 is 3.00 bits per heavy atom. The zero-order valence-corrected chi connectivity index (χ0v) is 9.66. The minimum absolute atomic E-state index is 0.204. The molecule has 2 N–H and O–H groups in total. The van der Waals surface area contributed by atoms with Crippen LogP contribution in [-0.4, -0.2) is 17.2 Å². The summed E-state index contributed by atoms with van der Waals surface area (Å²) in [5.74, 6) is 0. The van der Waals surface area contributed by atoms with E-state index in [0.717, 1.165) is 24.9 Å². The van der Waals surface area contributed by atoms with Crippen molar-refractivity contribution in [3.05, 3.63) is 21.3 Å². The zero-order chi connectivity index (χ0) is 10.2. The molecule has 0 amide bonds. The van der Waals surface area contributed by atoms with Crippen LogP contribution in [-0.2, 0) is 0 Å². The van der Waals surface area contributed by atoms with Crippen molar-refractivity contribution in [3.8, 4) is 0 Å². The summed E-state index contributed by atoms with van der Waals surface area (Å²) in [6.45, 7) is 3.04. The Morgan fingerprint density at radius 2 is 2.50 bits per heavy atom. The summed E-state index contributed by atoms with van der Waals surface area (Å²) in [6.07, 6.45) is 1.62. The molecule has 0 aliphatic carbocycles. The summed E-state index contributed by atoms with van der Waals surface area (Å²) in [7, 11) is 0. The standard InChI is InChI=1S/C10H14ClNOS/c1-10(4-2-5-12-10)8(13)7-3-6-14-9(7)11/h3,6,8,12-13H,2,4-5H2,1H3. The van der Waals surface area contributed by atoms with Crippen molar-refractivity contribution >= 4 is 22.9 Å². The highest BCUT2D eigenvalue weighted by atomic mass is 35.5. The number of rotatable bonds is 2. The van der Waals surface area contributed by atoms with Crippen LogP contribution in [0.15, 0.2) is 11.4 Å². The van der Waals surface area contributed by atoms with Crippen LogP contribution < -0.4 is 5.32 Å². The van der Waals surface area contributed by atoms with Crippen LogP contribution in [0.2, 0.25) is 4.34 Å². The second-order valence-electron chi connectivity index (χ2n) is 4.00. The van der Waals surface area contributed by atoms with E-state index in [1.54, 1.807) is 0 Å². The van der Waals surface area contributed by atoms with Crippen molar-refractivity contribution in [1.29, 1.82) is 0 Å². The summed E-state index contributed by atoms with van der Waals surface area (Å²) < 4.78 is 0.701. The lowest BCUT2D eigenvalue weighted by Crippen LogP contribution is -2.42. The van der Waals surface area contributed by atoms with E-state index in [1.165, 1.54) is 11.3 Å². The Labute approximate surface area is 92.9 Å². The second kappa shape index (κ2) is 3.81. The van der Waals surface area contributed by atoms with Crippen LogP contribution in [0.5, 0.6) is 0 Å². The second-order valence-corrected chi connectivity index (χ2v) is 5.52. The Morgan fingerprint density at radius 1 is 1.71 bits per heavy atom. The Bertz CT molecular complexity index is 320. The van der Waals surface area contributed by atoms with Gasteiger partial charge in [0.05, 0.1) is 10.4 Å². The van der Waals surface area contributed by atoms with Gasteiger partial charge in [-0.2, -0.15) is 0 Å². The van der Waals surface area contributed by atoms with E-state index in [0.29, 0.717) is 4.34 Å². The van der Waals surface area contributed by atoms with Crippen LogP contribution >= 0.6 is 22.9 Å². The van der Waals surface area contributed by atoms with Gasteiger partial charge in [-0.25, -0.2) is 0 Å². The lowest BCUT2D eigenvalue weighted by atomic mass is 9.89. The molecule has 2 unspecified atom stereocenters. The van der Waals surface area contributed by atoms with Crippen molar-refractivity contribution in [3.63, 3.8) is 0 Å². The van der Waals surface area contributed by atoms with E-state index >= 15 is 0 Å². The molecule has 0 radical (unpaired) electrons. The molecule has 2 atom stereocenters. The number of hydrogen-bond acceptors (Lipinski definition) is 3. The number of halogens is 1. The number of aliphatic hydroxyl groups is 1. The van der Waals surface area contributed by atoms with Gasteiger partial charge in [0.1, 0.15) is 0 Å². The highest BCUT2D eigenvalue weighted by molar-refractivity contribution is 7.14. The molecular formula is C10H14ClNOS. The van der Waals surface area contributed by atoms with E-state index in [9.17, 15) is 5.11 Å². The topological polar surface area (TPSA) is 32.3 Å². The van der Waals surface area contributed by atoms with E-state index in [-0.39, 0.29) is 5.54 Å². The van der Waals surface area contributed by atoms with E-state index in [1.807, 2.05) is 11.4 Å². The normalized spacial score (nSPS) is 29.4. The molecule has 1 aliphatic heterocycles. The predicted octanol–water partition coefficient (Wildman–Crippen LogP) is 2.58. The minimum Gasteiger partial charge on any atom is -0.386 e. The Kier molecular flexibility index (Phi) is 2.84. The van der Waals surface area contributed by atoms with Crippen molar-refractivity contribution in [2.75, 3.05) is 6.54 Å². The average Bonchev–Trinajstić information content (AvgIpc) is 2.74. The summed E-state index contributed by atoms with van der Waals surface area (Å²) >= 11 is 7.47. The molecule has 2 rings (SSSR count). The minimum atomic E-state index is -0.497. The van der Waals surface area contributed by atoms with Crippen molar-refractivity contribution < 1.29 is 5.11 Å². The van der Waals surface area contributed by atoms with Crippen LogP contribution in [0.25, 0.3) is 0 Å². The largest absolute Gasteiger partial charge is 0.386 e. The molecule has 1 aromatic rings. The van der Waals surface area contributed by atoms with Gasteiger partial charge >= 0.3 is 0 Å². The maximum absolute atomic E-state index is 10.2. The third-order valence-corrected chi connectivity index (χ3v) is 4.15. The number of nitrogens with one attached hydrogen (secondary N) is 1. The van der Waals surface area contributed by atoms with Crippen molar-refractivity contribution in [2.24, 2.45) is 0 Å². The van der Waals surface area contributed by atoms with Crippen molar-refractivity contribution in [1.82, 2.24) is 5.32 Å². The van der Waals surface area contributed by atoms with Crippen molar-refractivity contribution in [2.45, 2.75) is 31.4 Å². The fourth-order valence-corrected chi connectivity index (χ4v) is 2.96. The molecular weight excluding hydrogens is 218 g/mol. The first-order valence-electron chi connectivity index (χ1n) is 4.79. The smallest absolute Gasteiger partial charge is 0.0991 e. The Balaban J connectivity index is 2.23. The van der Waals surface area contributed by atoms with Crippen LogP contribution in [0.4, 0.5) is 0 Å². The number of aliphatic hydroxyl groups excluding tert-OH is 1. The molecule has 1 aliphatic rings. The first-order valence-corrected chi connectivity index (χ1v) is 6.05. The highest BCUT2D eigenvalue weighted by Crippen LogP contribution is 2.38. The molecule has 2 heterocycles. The quantitative estimate of drug-likeness (QED) is 0.820. The van der Waals surface area contributed by atoms with Gasteiger partial charge in [-0.05, 0) is 37.8 Å². The van der Waals surface area contributed by atoms with Crippen LogP contribution in [0.1, 0.15) is 31.4 Å². The lowest BCUT2D eigenvalue weighted by Gasteiger charge is -2.30. The van der Waals surface area contributed by atoms with Gasteiger partial charge in [-0.3, -0.25) is 0 Å². The van der Waals surface area contributed by atoms with Crippen LogP contribution in [0.3, 0.4) is 0 Å².